The molecule has 174 valence electrons. The van der Waals surface area contributed by atoms with Crippen LogP contribution in [0.2, 0.25) is 5.02 Å². The first kappa shape index (κ1) is 24.0. The van der Waals surface area contributed by atoms with Gasteiger partial charge in [-0.3, -0.25) is 18.5 Å². The highest BCUT2D eigenvalue weighted by atomic mass is 35.5. The summed E-state index contributed by atoms with van der Waals surface area (Å²) in [7, 11) is 3.18. The molecule has 0 N–H and O–H groups in total. The van der Waals surface area contributed by atoms with Gasteiger partial charge in [0, 0.05) is 32.3 Å². The third-order valence-corrected chi connectivity index (χ3v) is 5.20. The molecule has 0 fully saturated rings. The quantitative estimate of drug-likeness (QED) is 0.405. The van der Waals surface area contributed by atoms with E-state index in [9.17, 15) is 9.59 Å². The molecule has 3 rings (SSSR count). The van der Waals surface area contributed by atoms with Crippen LogP contribution < -0.4 is 16.0 Å². The first-order chi connectivity index (χ1) is 15.3. The monoisotopic (exact) mass is 464 g/mol. The number of aromatic nitrogens is 4. The molecule has 0 atom stereocenters. The number of hydrogen-bond donors (Lipinski definition) is 0. The molecule has 0 unspecified atom stereocenters. The minimum absolute atomic E-state index is 0.0756. The molecule has 32 heavy (non-hydrogen) atoms. The fraction of sp³-hybridized carbons (Fsp3) is 0.500. The summed E-state index contributed by atoms with van der Waals surface area (Å²) in [5.74, 6) is 0. The van der Waals surface area contributed by atoms with Crippen LogP contribution in [0.4, 0.5) is 0 Å². The highest BCUT2D eigenvalue weighted by Crippen LogP contribution is 2.21. The number of benzene rings is 1. The predicted octanol–water partition coefficient (Wildman–Crippen LogP) is 2.44. The number of imidazole rings is 1. The molecule has 0 aliphatic carbocycles. The molecule has 0 aliphatic rings. The van der Waals surface area contributed by atoms with Crippen molar-refractivity contribution < 1.29 is 14.2 Å². The van der Waals surface area contributed by atoms with Crippen LogP contribution in [0.3, 0.4) is 0 Å². The van der Waals surface area contributed by atoms with Gasteiger partial charge in [0.1, 0.15) is 6.61 Å². The summed E-state index contributed by atoms with van der Waals surface area (Å²) in [5.41, 5.74) is 0.658. The average Bonchev–Trinajstić information content (AvgIpc) is 3.12. The number of hydrogen-bond acceptors (Lipinski definition) is 6. The second kappa shape index (κ2) is 10.8. The van der Waals surface area contributed by atoms with Crippen LogP contribution in [0.1, 0.15) is 25.8 Å². The van der Waals surface area contributed by atoms with Crippen LogP contribution in [-0.2, 0) is 29.6 Å². The normalized spacial score (nSPS) is 11.6. The van der Waals surface area contributed by atoms with Gasteiger partial charge in [0.15, 0.2) is 11.2 Å². The first-order valence-electron chi connectivity index (χ1n) is 10.5. The van der Waals surface area contributed by atoms with E-state index in [1.807, 2.05) is 26.0 Å². The molecule has 1 aromatic carbocycles. The molecular formula is C22H29ClN4O5. The number of methoxy groups -OCH3 is 1. The Labute approximate surface area is 191 Å². The molecule has 3 aromatic rings. The molecule has 0 aliphatic heterocycles. The Bertz CT molecular complexity index is 1160. The fourth-order valence-electron chi connectivity index (χ4n) is 3.36. The molecule has 2 aromatic heterocycles. The van der Waals surface area contributed by atoms with Gasteiger partial charge in [0.05, 0.1) is 19.3 Å². The zero-order valence-corrected chi connectivity index (χ0v) is 19.6. The molecule has 0 bridgehead atoms. The van der Waals surface area contributed by atoms with Crippen LogP contribution in [-0.4, -0.2) is 51.7 Å². The lowest BCUT2D eigenvalue weighted by Gasteiger charge is -2.12. The van der Waals surface area contributed by atoms with Crippen molar-refractivity contribution >= 4 is 22.8 Å². The molecular weight excluding hydrogens is 436 g/mol. The summed E-state index contributed by atoms with van der Waals surface area (Å²) < 4.78 is 20.8. The summed E-state index contributed by atoms with van der Waals surface area (Å²) in [6.45, 7) is 5.55. The largest absolute Gasteiger partial charge is 0.462 e. The van der Waals surface area contributed by atoms with E-state index in [0.29, 0.717) is 36.7 Å². The van der Waals surface area contributed by atoms with Gasteiger partial charge in [0.2, 0.25) is 0 Å². The zero-order chi connectivity index (χ0) is 23.3. The first-order valence-corrected chi connectivity index (χ1v) is 10.9. The smallest absolute Gasteiger partial charge is 0.332 e. The van der Waals surface area contributed by atoms with E-state index >= 15 is 0 Å². The average molecular weight is 465 g/mol. The second-order valence-corrected chi connectivity index (χ2v) is 8.13. The molecule has 0 spiro atoms. The molecule has 9 nitrogen and oxygen atoms in total. The van der Waals surface area contributed by atoms with E-state index in [1.54, 1.807) is 30.9 Å². The van der Waals surface area contributed by atoms with Crippen molar-refractivity contribution in [1.29, 1.82) is 0 Å². The molecule has 0 saturated carbocycles. The maximum Gasteiger partial charge on any atom is 0.332 e. The zero-order valence-electron chi connectivity index (χ0n) is 18.8. The minimum atomic E-state index is -0.426. The summed E-state index contributed by atoms with van der Waals surface area (Å²) in [6, 6.07) is 7.57. The van der Waals surface area contributed by atoms with Gasteiger partial charge in [-0.05, 0) is 38.0 Å². The summed E-state index contributed by atoms with van der Waals surface area (Å²) in [5, 5.41) is 0.620. The number of rotatable bonds is 11. The number of nitrogens with zero attached hydrogens (tertiary/aromatic N) is 4. The van der Waals surface area contributed by atoms with Crippen LogP contribution >= 0.6 is 11.6 Å². The Morgan fingerprint density at radius 1 is 1.06 bits per heavy atom. The molecule has 10 heteroatoms. The molecule has 2 heterocycles. The SMILES string of the molecule is COCCCn1c(=O)c2c(nc(OCCOC(C)C)n2Cc2ccc(Cl)cc2)n(C)c1=O. The third kappa shape index (κ3) is 5.40. The van der Waals surface area contributed by atoms with Crippen LogP contribution in [0.25, 0.3) is 11.2 Å². The lowest BCUT2D eigenvalue weighted by atomic mass is 10.2. The Morgan fingerprint density at radius 3 is 2.44 bits per heavy atom. The fourth-order valence-corrected chi connectivity index (χ4v) is 3.49. The lowest BCUT2D eigenvalue weighted by Crippen LogP contribution is -2.40. The van der Waals surface area contributed by atoms with Crippen molar-refractivity contribution in [3.05, 3.63) is 55.7 Å². The number of ether oxygens (including phenoxy) is 3. The number of fused-ring (bicyclic) bond motifs is 1. The third-order valence-electron chi connectivity index (χ3n) is 4.95. The Morgan fingerprint density at radius 2 is 1.78 bits per heavy atom. The van der Waals surface area contributed by atoms with Crippen molar-refractivity contribution in [3.8, 4) is 6.01 Å². The summed E-state index contributed by atoms with van der Waals surface area (Å²) in [4.78, 5) is 30.6. The van der Waals surface area contributed by atoms with E-state index < -0.39 is 11.2 Å². The van der Waals surface area contributed by atoms with Crippen molar-refractivity contribution in [2.75, 3.05) is 26.9 Å². The summed E-state index contributed by atoms with van der Waals surface area (Å²) in [6.07, 6.45) is 0.616. The van der Waals surface area contributed by atoms with Crippen molar-refractivity contribution in [1.82, 2.24) is 18.7 Å². The maximum atomic E-state index is 13.3. The van der Waals surface area contributed by atoms with Crippen LogP contribution in [0, 0.1) is 0 Å². The Balaban J connectivity index is 2.08. The van der Waals surface area contributed by atoms with Gasteiger partial charge in [-0.25, -0.2) is 4.79 Å². The van der Waals surface area contributed by atoms with E-state index in [-0.39, 0.29) is 30.9 Å². The van der Waals surface area contributed by atoms with Crippen LogP contribution in [0.5, 0.6) is 6.01 Å². The van der Waals surface area contributed by atoms with Crippen molar-refractivity contribution in [2.45, 2.75) is 39.5 Å². The van der Waals surface area contributed by atoms with E-state index in [4.69, 9.17) is 25.8 Å². The standard InChI is InChI=1S/C22H29ClN4O5/c1-15(2)31-12-13-32-21-24-19-18(27(21)14-16-6-8-17(23)9-7-16)20(28)26(10-5-11-30-4)22(29)25(19)3/h6-9,15H,5,10-14H2,1-4H3. The second-order valence-electron chi connectivity index (χ2n) is 7.69. The minimum Gasteiger partial charge on any atom is -0.462 e. The molecule has 0 radical (unpaired) electrons. The Kier molecular flexibility index (Phi) is 8.11. The Hall–Kier alpha value is -2.62. The van der Waals surface area contributed by atoms with E-state index in [1.165, 1.54) is 9.13 Å². The van der Waals surface area contributed by atoms with Gasteiger partial charge in [-0.1, -0.05) is 23.7 Å². The van der Waals surface area contributed by atoms with Crippen molar-refractivity contribution in [3.63, 3.8) is 0 Å². The lowest BCUT2D eigenvalue weighted by molar-refractivity contribution is 0.0524. The van der Waals surface area contributed by atoms with Gasteiger partial charge in [-0.15, -0.1) is 0 Å². The number of halogens is 1. The number of aryl methyl sites for hydroxylation is 1. The van der Waals surface area contributed by atoms with E-state index in [0.717, 1.165) is 5.56 Å². The topological polar surface area (TPSA) is 89.5 Å². The van der Waals surface area contributed by atoms with Crippen LogP contribution in [0.15, 0.2) is 33.9 Å². The van der Waals surface area contributed by atoms with Gasteiger partial charge >= 0.3 is 5.69 Å². The maximum absolute atomic E-state index is 13.3. The summed E-state index contributed by atoms with van der Waals surface area (Å²) >= 11 is 6.02. The van der Waals surface area contributed by atoms with Gasteiger partial charge in [-0.2, -0.15) is 4.98 Å². The van der Waals surface area contributed by atoms with Gasteiger partial charge < -0.3 is 14.2 Å². The van der Waals surface area contributed by atoms with Crippen molar-refractivity contribution in [2.24, 2.45) is 7.05 Å². The highest BCUT2D eigenvalue weighted by Gasteiger charge is 2.21. The highest BCUT2D eigenvalue weighted by molar-refractivity contribution is 6.30. The van der Waals surface area contributed by atoms with Gasteiger partial charge in [0.25, 0.3) is 11.6 Å². The van der Waals surface area contributed by atoms with E-state index in [2.05, 4.69) is 4.98 Å². The predicted molar refractivity (Wildman–Crippen MR) is 123 cm³/mol. The molecule has 0 saturated heterocycles. The molecule has 0 amide bonds.